The summed E-state index contributed by atoms with van der Waals surface area (Å²) >= 11 is 3.65. The molecular weight excluding hydrogens is 330 g/mol. The summed E-state index contributed by atoms with van der Waals surface area (Å²) < 4.78 is 5.60. The van der Waals surface area contributed by atoms with Crippen LogP contribution in [0.15, 0.2) is 24.3 Å². The van der Waals surface area contributed by atoms with E-state index in [4.69, 9.17) is 4.74 Å². The quantitative estimate of drug-likeness (QED) is 0.789. The van der Waals surface area contributed by atoms with Crippen molar-refractivity contribution in [2.24, 2.45) is 5.92 Å². The van der Waals surface area contributed by atoms with Gasteiger partial charge in [-0.15, -0.1) is 0 Å². The normalized spacial score (nSPS) is 21.8. The SMILES string of the molecule is Cc1cccc(OCCC(=O)NCC2CCC(Br)CC2)c1. The lowest BCUT2D eigenvalue weighted by Gasteiger charge is -2.25. The zero-order valence-electron chi connectivity index (χ0n) is 12.6. The van der Waals surface area contributed by atoms with Crippen LogP contribution in [0.1, 0.15) is 37.7 Å². The largest absolute Gasteiger partial charge is 0.493 e. The van der Waals surface area contributed by atoms with Crippen LogP contribution in [0.25, 0.3) is 0 Å². The fourth-order valence-corrected chi connectivity index (χ4v) is 3.17. The molecule has 21 heavy (non-hydrogen) atoms. The summed E-state index contributed by atoms with van der Waals surface area (Å²) in [5.41, 5.74) is 1.17. The molecule has 3 nitrogen and oxygen atoms in total. The molecule has 1 aliphatic carbocycles. The number of carbonyl (C=O) groups is 1. The maximum absolute atomic E-state index is 11.8. The molecule has 4 heteroatoms. The van der Waals surface area contributed by atoms with Gasteiger partial charge >= 0.3 is 0 Å². The van der Waals surface area contributed by atoms with Crippen molar-refractivity contribution in [3.63, 3.8) is 0 Å². The molecule has 1 aromatic carbocycles. The van der Waals surface area contributed by atoms with Gasteiger partial charge in [0.25, 0.3) is 0 Å². The van der Waals surface area contributed by atoms with Gasteiger partial charge in [-0.05, 0) is 56.2 Å². The summed E-state index contributed by atoms with van der Waals surface area (Å²) in [6.45, 7) is 3.27. The zero-order valence-corrected chi connectivity index (χ0v) is 14.2. The van der Waals surface area contributed by atoms with Crippen LogP contribution >= 0.6 is 15.9 Å². The predicted octanol–water partition coefficient (Wildman–Crippen LogP) is 3.83. The van der Waals surface area contributed by atoms with E-state index < -0.39 is 0 Å². The number of ether oxygens (including phenoxy) is 1. The molecule has 0 aromatic heterocycles. The summed E-state index contributed by atoms with van der Waals surface area (Å²) in [6, 6.07) is 7.90. The zero-order chi connectivity index (χ0) is 15.1. The molecule has 2 rings (SSSR count). The first-order chi connectivity index (χ1) is 10.1. The van der Waals surface area contributed by atoms with E-state index in [0.29, 0.717) is 23.8 Å². The second kappa shape index (κ2) is 8.42. The lowest BCUT2D eigenvalue weighted by atomic mass is 9.89. The van der Waals surface area contributed by atoms with E-state index in [1.165, 1.54) is 31.2 Å². The number of hydrogen-bond donors (Lipinski definition) is 1. The molecule has 0 spiro atoms. The van der Waals surface area contributed by atoms with Gasteiger partial charge in [0.05, 0.1) is 13.0 Å². The van der Waals surface area contributed by atoms with Gasteiger partial charge in [-0.2, -0.15) is 0 Å². The second-order valence-electron chi connectivity index (χ2n) is 5.84. The third-order valence-electron chi connectivity index (χ3n) is 3.95. The fourth-order valence-electron chi connectivity index (χ4n) is 2.64. The lowest BCUT2D eigenvalue weighted by molar-refractivity contribution is -0.121. The van der Waals surface area contributed by atoms with Crippen molar-refractivity contribution < 1.29 is 9.53 Å². The number of halogens is 1. The first kappa shape index (κ1) is 16.3. The third-order valence-corrected chi connectivity index (χ3v) is 4.87. The van der Waals surface area contributed by atoms with E-state index in [2.05, 4.69) is 21.2 Å². The van der Waals surface area contributed by atoms with Crippen molar-refractivity contribution in [3.05, 3.63) is 29.8 Å². The number of aryl methyl sites for hydroxylation is 1. The number of alkyl halides is 1. The van der Waals surface area contributed by atoms with Crippen LogP contribution in [0.2, 0.25) is 0 Å². The molecular formula is C17H24BrNO2. The lowest BCUT2D eigenvalue weighted by Crippen LogP contribution is -2.32. The number of rotatable bonds is 6. The first-order valence-corrected chi connectivity index (χ1v) is 8.65. The highest BCUT2D eigenvalue weighted by Gasteiger charge is 2.19. The Labute approximate surface area is 135 Å². The Morgan fingerprint density at radius 3 is 2.81 bits per heavy atom. The van der Waals surface area contributed by atoms with Crippen LogP contribution in [0, 0.1) is 12.8 Å². The minimum atomic E-state index is 0.0867. The van der Waals surface area contributed by atoms with Crippen molar-refractivity contribution in [1.82, 2.24) is 5.32 Å². The van der Waals surface area contributed by atoms with Crippen LogP contribution in [0.5, 0.6) is 5.75 Å². The summed E-state index contributed by atoms with van der Waals surface area (Å²) in [4.78, 5) is 12.5. The van der Waals surface area contributed by atoms with Crippen molar-refractivity contribution in [3.8, 4) is 5.75 Å². The summed E-state index contributed by atoms with van der Waals surface area (Å²) in [5, 5.41) is 3.03. The van der Waals surface area contributed by atoms with E-state index in [-0.39, 0.29) is 5.91 Å². The molecule has 0 bridgehead atoms. The Kier molecular flexibility index (Phi) is 6.55. The molecule has 1 fully saturated rings. The summed E-state index contributed by atoms with van der Waals surface area (Å²) in [6.07, 6.45) is 5.27. The van der Waals surface area contributed by atoms with E-state index in [9.17, 15) is 4.79 Å². The van der Waals surface area contributed by atoms with E-state index in [1.807, 2.05) is 31.2 Å². The van der Waals surface area contributed by atoms with Crippen molar-refractivity contribution in [1.29, 1.82) is 0 Å². The van der Waals surface area contributed by atoms with Crippen LogP contribution in [0.4, 0.5) is 0 Å². The Morgan fingerprint density at radius 2 is 2.10 bits per heavy atom. The smallest absolute Gasteiger partial charge is 0.223 e. The van der Waals surface area contributed by atoms with Crippen LogP contribution in [-0.2, 0) is 4.79 Å². The number of benzene rings is 1. The molecule has 1 saturated carbocycles. The Balaban J connectivity index is 1.59. The van der Waals surface area contributed by atoms with Gasteiger partial charge < -0.3 is 10.1 Å². The predicted molar refractivity (Wildman–Crippen MR) is 89.0 cm³/mol. The van der Waals surface area contributed by atoms with Crippen molar-refractivity contribution in [2.45, 2.75) is 43.9 Å². The minimum Gasteiger partial charge on any atom is -0.493 e. The van der Waals surface area contributed by atoms with Crippen LogP contribution in [-0.4, -0.2) is 23.9 Å². The highest BCUT2D eigenvalue weighted by atomic mass is 79.9. The molecule has 1 aliphatic rings. The van der Waals surface area contributed by atoms with Gasteiger partial charge in [0.1, 0.15) is 5.75 Å². The minimum absolute atomic E-state index is 0.0867. The topological polar surface area (TPSA) is 38.3 Å². The summed E-state index contributed by atoms with van der Waals surface area (Å²) in [5.74, 6) is 1.56. The Morgan fingerprint density at radius 1 is 1.33 bits per heavy atom. The molecule has 116 valence electrons. The van der Waals surface area contributed by atoms with Gasteiger partial charge in [0.15, 0.2) is 0 Å². The van der Waals surface area contributed by atoms with Gasteiger partial charge in [-0.3, -0.25) is 4.79 Å². The first-order valence-electron chi connectivity index (χ1n) is 7.73. The third kappa shape index (κ3) is 6.08. The maximum atomic E-state index is 11.8. The Hall–Kier alpha value is -1.03. The number of amides is 1. The molecule has 1 amide bonds. The number of nitrogens with one attached hydrogen (secondary N) is 1. The number of carbonyl (C=O) groups excluding carboxylic acids is 1. The monoisotopic (exact) mass is 353 g/mol. The average Bonchev–Trinajstić information content (AvgIpc) is 2.47. The fraction of sp³-hybridized carbons (Fsp3) is 0.588. The molecule has 1 N–H and O–H groups in total. The standard InChI is InChI=1S/C17H24BrNO2/c1-13-3-2-4-16(11-13)21-10-9-17(20)19-12-14-5-7-15(18)8-6-14/h2-4,11,14-15H,5-10,12H2,1H3,(H,19,20). The van der Waals surface area contributed by atoms with Crippen molar-refractivity contribution >= 4 is 21.8 Å². The molecule has 0 atom stereocenters. The van der Waals surface area contributed by atoms with Gasteiger partial charge in [-0.1, -0.05) is 28.1 Å². The van der Waals surface area contributed by atoms with E-state index in [0.717, 1.165) is 12.3 Å². The van der Waals surface area contributed by atoms with Crippen LogP contribution in [0.3, 0.4) is 0 Å². The molecule has 0 radical (unpaired) electrons. The van der Waals surface area contributed by atoms with Gasteiger partial charge in [-0.25, -0.2) is 0 Å². The average molecular weight is 354 g/mol. The molecule has 0 unspecified atom stereocenters. The van der Waals surface area contributed by atoms with Crippen molar-refractivity contribution in [2.75, 3.05) is 13.2 Å². The van der Waals surface area contributed by atoms with Crippen LogP contribution < -0.4 is 10.1 Å². The van der Waals surface area contributed by atoms with E-state index in [1.54, 1.807) is 0 Å². The van der Waals surface area contributed by atoms with E-state index >= 15 is 0 Å². The molecule has 0 saturated heterocycles. The molecule has 0 heterocycles. The second-order valence-corrected chi connectivity index (χ2v) is 7.13. The van der Waals surface area contributed by atoms with Gasteiger partial charge in [0, 0.05) is 11.4 Å². The highest BCUT2D eigenvalue weighted by Crippen LogP contribution is 2.28. The Bertz CT molecular complexity index is 456. The molecule has 1 aromatic rings. The van der Waals surface area contributed by atoms with Gasteiger partial charge in [0.2, 0.25) is 5.91 Å². The number of hydrogen-bond acceptors (Lipinski definition) is 2. The highest BCUT2D eigenvalue weighted by molar-refractivity contribution is 9.09. The summed E-state index contributed by atoms with van der Waals surface area (Å²) in [7, 11) is 0. The maximum Gasteiger partial charge on any atom is 0.223 e. The molecule has 0 aliphatic heterocycles.